The Morgan fingerprint density at radius 3 is 2.28 bits per heavy atom. The molecule has 0 bridgehead atoms. The average molecular weight is 394 g/mol. The molecule has 1 heterocycles. The number of benzene rings is 2. The molecule has 1 fully saturated rings. The number of amides is 4. The number of nitrogens with zero attached hydrogens (tertiary/aromatic N) is 1. The third-order valence-electron chi connectivity index (χ3n) is 4.15. The number of imide groups is 2. The summed E-state index contributed by atoms with van der Waals surface area (Å²) in [5, 5.41) is 2.15. The standard InChI is InChI=1S/C21H18N2O6/c1-3-29-16-10-4-13(5-11-16)12-17-18(24)22-21(27)23(19(17)25)15-8-6-14(7-9-15)20(26)28-2/h4-12H,3H2,1-2H3,(H,22,24,27)/b17-12+. The van der Waals surface area contributed by atoms with E-state index < -0.39 is 23.8 Å². The number of esters is 1. The van der Waals surface area contributed by atoms with Crippen LogP contribution in [0, 0.1) is 0 Å². The second-order valence-corrected chi connectivity index (χ2v) is 6.00. The number of barbiturate groups is 1. The third-order valence-corrected chi connectivity index (χ3v) is 4.15. The summed E-state index contributed by atoms with van der Waals surface area (Å²) in [6, 6.07) is 11.7. The lowest BCUT2D eigenvalue weighted by Crippen LogP contribution is -2.54. The van der Waals surface area contributed by atoms with E-state index in [1.54, 1.807) is 24.3 Å². The van der Waals surface area contributed by atoms with Gasteiger partial charge in [-0.05, 0) is 55.0 Å². The fourth-order valence-electron chi connectivity index (χ4n) is 2.75. The molecule has 29 heavy (non-hydrogen) atoms. The smallest absolute Gasteiger partial charge is 0.337 e. The molecule has 2 aromatic rings. The second-order valence-electron chi connectivity index (χ2n) is 6.00. The van der Waals surface area contributed by atoms with Crippen LogP contribution in [-0.2, 0) is 14.3 Å². The number of methoxy groups -OCH3 is 1. The number of ether oxygens (including phenoxy) is 2. The van der Waals surface area contributed by atoms with E-state index in [0.717, 1.165) is 4.90 Å². The van der Waals surface area contributed by atoms with Crippen molar-refractivity contribution in [3.63, 3.8) is 0 Å². The van der Waals surface area contributed by atoms with Crippen molar-refractivity contribution in [1.29, 1.82) is 0 Å². The van der Waals surface area contributed by atoms with Gasteiger partial charge in [0.1, 0.15) is 11.3 Å². The average Bonchev–Trinajstić information content (AvgIpc) is 2.72. The maximum absolute atomic E-state index is 12.9. The lowest BCUT2D eigenvalue weighted by Gasteiger charge is -2.26. The molecule has 148 valence electrons. The molecule has 1 saturated heterocycles. The Morgan fingerprint density at radius 1 is 1.03 bits per heavy atom. The summed E-state index contributed by atoms with van der Waals surface area (Å²) in [5.41, 5.74) is 0.890. The third kappa shape index (κ3) is 4.16. The van der Waals surface area contributed by atoms with Crippen molar-refractivity contribution < 1.29 is 28.7 Å². The number of anilines is 1. The van der Waals surface area contributed by atoms with E-state index in [1.807, 2.05) is 6.92 Å². The van der Waals surface area contributed by atoms with Gasteiger partial charge in [0.05, 0.1) is 25.0 Å². The minimum atomic E-state index is -0.866. The van der Waals surface area contributed by atoms with Crippen molar-refractivity contribution >= 4 is 35.6 Å². The monoisotopic (exact) mass is 394 g/mol. The van der Waals surface area contributed by atoms with Gasteiger partial charge < -0.3 is 9.47 Å². The van der Waals surface area contributed by atoms with E-state index in [2.05, 4.69) is 10.1 Å². The molecule has 4 amide bonds. The number of carbonyl (C=O) groups excluding carboxylic acids is 4. The zero-order valence-electron chi connectivity index (χ0n) is 15.8. The molecule has 0 saturated carbocycles. The number of hydrogen-bond acceptors (Lipinski definition) is 6. The van der Waals surface area contributed by atoms with Gasteiger partial charge in [0.2, 0.25) is 0 Å². The van der Waals surface area contributed by atoms with Gasteiger partial charge in [-0.25, -0.2) is 14.5 Å². The Labute approximate surface area is 166 Å². The Bertz CT molecular complexity index is 993. The van der Waals surface area contributed by atoms with Crippen LogP contribution in [0.1, 0.15) is 22.8 Å². The lowest BCUT2D eigenvalue weighted by molar-refractivity contribution is -0.122. The lowest BCUT2D eigenvalue weighted by atomic mass is 10.1. The zero-order valence-corrected chi connectivity index (χ0v) is 15.8. The number of carbonyl (C=O) groups is 4. The van der Waals surface area contributed by atoms with Crippen LogP contribution in [0.15, 0.2) is 54.1 Å². The van der Waals surface area contributed by atoms with Crippen LogP contribution in [0.5, 0.6) is 5.75 Å². The molecule has 1 N–H and O–H groups in total. The highest BCUT2D eigenvalue weighted by Crippen LogP contribution is 2.23. The van der Waals surface area contributed by atoms with Crippen molar-refractivity contribution in [2.45, 2.75) is 6.92 Å². The van der Waals surface area contributed by atoms with Gasteiger partial charge in [0.15, 0.2) is 0 Å². The van der Waals surface area contributed by atoms with Crippen LogP contribution < -0.4 is 15.0 Å². The summed E-state index contributed by atoms with van der Waals surface area (Å²) < 4.78 is 9.99. The van der Waals surface area contributed by atoms with Crippen molar-refractivity contribution in [3.05, 3.63) is 65.2 Å². The fraction of sp³-hybridized carbons (Fsp3) is 0.143. The first-order chi connectivity index (χ1) is 13.9. The molecule has 0 radical (unpaired) electrons. The highest BCUT2D eigenvalue weighted by Gasteiger charge is 2.36. The van der Waals surface area contributed by atoms with E-state index in [-0.39, 0.29) is 16.8 Å². The van der Waals surface area contributed by atoms with E-state index in [9.17, 15) is 19.2 Å². The minimum absolute atomic E-state index is 0.189. The fourth-order valence-corrected chi connectivity index (χ4v) is 2.75. The molecule has 3 rings (SSSR count). The maximum Gasteiger partial charge on any atom is 0.337 e. The van der Waals surface area contributed by atoms with Gasteiger partial charge in [-0.15, -0.1) is 0 Å². The molecule has 0 spiro atoms. The Kier molecular flexibility index (Phi) is 5.73. The summed E-state index contributed by atoms with van der Waals surface area (Å²) in [4.78, 5) is 49.7. The Hall–Kier alpha value is -3.94. The highest BCUT2D eigenvalue weighted by atomic mass is 16.5. The quantitative estimate of drug-likeness (QED) is 0.475. The van der Waals surface area contributed by atoms with E-state index in [4.69, 9.17) is 4.74 Å². The van der Waals surface area contributed by atoms with Crippen LogP contribution in [0.2, 0.25) is 0 Å². The molecule has 2 aromatic carbocycles. The molecule has 8 heteroatoms. The molecule has 0 aliphatic carbocycles. The molecule has 0 unspecified atom stereocenters. The topological polar surface area (TPSA) is 102 Å². The molecular formula is C21H18N2O6. The summed E-state index contributed by atoms with van der Waals surface area (Å²) in [6.45, 7) is 2.39. The molecule has 0 atom stereocenters. The number of rotatable bonds is 5. The van der Waals surface area contributed by atoms with Crippen molar-refractivity contribution in [2.24, 2.45) is 0 Å². The highest BCUT2D eigenvalue weighted by molar-refractivity contribution is 6.39. The molecule has 8 nitrogen and oxygen atoms in total. The summed E-state index contributed by atoms with van der Waals surface area (Å²) in [7, 11) is 1.25. The second kappa shape index (κ2) is 8.39. The first-order valence-electron chi connectivity index (χ1n) is 8.77. The number of hydrogen-bond donors (Lipinski definition) is 1. The maximum atomic E-state index is 12.9. The molecule has 1 aliphatic rings. The van der Waals surface area contributed by atoms with E-state index in [1.165, 1.54) is 37.5 Å². The van der Waals surface area contributed by atoms with Gasteiger partial charge in [-0.1, -0.05) is 12.1 Å². The SMILES string of the molecule is CCOc1ccc(/C=C2\C(=O)NC(=O)N(c3ccc(C(=O)OC)cc3)C2=O)cc1. The van der Waals surface area contributed by atoms with Crippen LogP contribution in [-0.4, -0.2) is 37.5 Å². The first-order valence-corrected chi connectivity index (χ1v) is 8.77. The normalized spacial score (nSPS) is 15.3. The Morgan fingerprint density at radius 2 is 1.69 bits per heavy atom. The molecule has 0 aromatic heterocycles. The number of nitrogens with one attached hydrogen (secondary N) is 1. The van der Waals surface area contributed by atoms with Crippen molar-refractivity contribution in [2.75, 3.05) is 18.6 Å². The van der Waals surface area contributed by atoms with Crippen LogP contribution in [0.4, 0.5) is 10.5 Å². The van der Waals surface area contributed by atoms with E-state index >= 15 is 0 Å². The van der Waals surface area contributed by atoms with Crippen LogP contribution in [0.3, 0.4) is 0 Å². The molecular weight excluding hydrogens is 376 g/mol. The molecule has 1 aliphatic heterocycles. The van der Waals surface area contributed by atoms with Gasteiger partial charge >= 0.3 is 12.0 Å². The van der Waals surface area contributed by atoms with Gasteiger partial charge in [0.25, 0.3) is 11.8 Å². The van der Waals surface area contributed by atoms with Gasteiger partial charge in [-0.3, -0.25) is 14.9 Å². The first kappa shape index (κ1) is 19.8. The number of urea groups is 1. The predicted octanol–water partition coefficient (Wildman–Crippen LogP) is 2.54. The van der Waals surface area contributed by atoms with Crippen molar-refractivity contribution in [3.8, 4) is 5.75 Å². The minimum Gasteiger partial charge on any atom is -0.494 e. The van der Waals surface area contributed by atoms with Crippen molar-refractivity contribution in [1.82, 2.24) is 5.32 Å². The largest absolute Gasteiger partial charge is 0.494 e. The van der Waals surface area contributed by atoms with E-state index in [0.29, 0.717) is 17.9 Å². The van der Waals surface area contributed by atoms with Gasteiger partial charge in [0, 0.05) is 0 Å². The summed E-state index contributed by atoms with van der Waals surface area (Å²) >= 11 is 0. The summed E-state index contributed by atoms with van der Waals surface area (Å²) in [5.74, 6) is -1.43. The summed E-state index contributed by atoms with van der Waals surface area (Å²) in [6.07, 6.45) is 1.40. The Balaban J connectivity index is 1.90. The van der Waals surface area contributed by atoms with Crippen LogP contribution >= 0.6 is 0 Å². The van der Waals surface area contributed by atoms with Gasteiger partial charge in [-0.2, -0.15) is 0 Å². The van der Waals surface area contributed by atoms with Crippen LogP contribution in [0.25, 0.3) is 6.08 Å². The zero-order chi connectivity index (χ0) is 21.0. The predicted molar refractivity (Wildman–Crippen MR) is 104 cm³/mol.